The molecule has 2 heterocycles. The number of carbonyl (C=O) groups is 4. The molecule has 0 aromatic heterocycles. The molecule has 2 aliphatic heterocycles. The number of halogens is 6. The van der Waals surface area contributed by atoms with Gasteiger partial charge in [-0.05, 0) is 0 Å². The van der Waals surface area contributed by atoms with E-state index in [1.165, 1.54) is 0 Å². The van der Waals surface area contributed by atoms with Gasteiger partial charge in [0.2, 0.25) is 0 Å². The van der Waals surface area contributed by atoms with Crippen LogP contribution in [-0.2, 0) is 28.7 Å². The van der Waals surface area contributed by atoms with Crippen LogP contribution >= 0.6 is 0 Å². The monoisotopic (exact) mass is 360 g/mol. The quantitative estimate of drug-likeness (QED) is 0.419. The zero-order valence-electron chi connectivity index (χ0n) is 11.3. The van der Waals surface area contributed by atoms with Crippen molar-refractivity contribution >= 4 is 23.9 Å². The molecule has 0 aromatic rings. The van der Waals surface area contributed by atoms with E-state index in [9.17, 15) is 45.5 Å². The van der Waals surface area contributed by atoms with Crippen molar-refractivity contribution in [2.24, 2.45) is 22.7 Å². The highest BCUT2D eigenvalue weighted by Crippen LogP contribution is 2.75. The molecule has 1 aliphatic carbocycles. The number of hydrogen-bond donors (Lipinski definition) is 0. The highest BCUT2D eigenvalue weighted by Gasteiger charge is 2.91. The third kappa shape index (κ3) is 1.85. The molecule has 6 nitrogen and oxygen atoms in total. The van der Waals surface area contributed by atoms with E-state index in [0.29, 0.717) is 0 Å². The van der Waals surface area contributed by atoms with Crippen LogP contribution < -0.4 is 0 Å². The Morgan fingerprint density at radius 2 is 1.00 bits per heavy atom. The Kier molecular flexibility index (Phi) is 2.98. The predicted octanol–water partition coefficient (Wildman–Crippen LogP) is 1.28. The zero-order valence-corrected chi connectivity index (χ0v) is 11.3. The Morgan fingerprint density at radius 3 is 1.25 bits per heavy atom. The molecule has 0 unspecified atom stereocenters. The van der Waals surface area contributed by atoms with Crippen molar-refractivity contribution in [2.45, 2.75) is 25.2 Å². The standard InChI is InChI=1S/C12H6F6O6/c13-11(14,15)1-9-3(5(19)23-7(9)21)10(2-12(16,17)18)4(9)6(20)24-8(10)22/h3-4H,1-2H2. The zero-order chi connectivity index (χ0) is 18.3. The number of carbonyl (C=O) groups excluding carboxylic acids is 4. The van der Waals surface area contributed by atoms with Crippen LogP contribution in [-0.4, -0.2) is 36.2 Å². The topological polar surface area (TPSA) is 86.7 Å². The lowest BCUT2D eigenvalue weighted by Gasteiger charge is -2.54. The highest BCUT2D eigenvalue weighted by atomic mass is 19.4. The largest absolute Gasteiger partial charge is 0.392 e. The number of hydrogen-bond acceptors (Lipinski definition) is 6. The number of rotatable bonds is 2. The van der Waals surface area contributed by atoms with Gasteiger partial charge in [0.25, 0.3) is 0 Å². The molecule has 0 spiro atoms. The Bertz CT molecular complexity index is 611. The molecule has 3 fully saturated rings. The first-order chi connectivity index (χ1) is 10.8. The van der Waals surface area contributed by atoms with Gasteiger partial charge in [0.1, 0.15) is 10.8 Å². The molecule has 2 saturated heterocycles. The summed E-state index contributed by atoms with van der Waals surface area (Å²) in [6.07, 6.45) is -14.3. The van der Waals surface area contributed by atoms with Gasteiger partial charge in [0, 0.05) is 0 Å². The third-order valence-electron chi connectivity index (χ3n) is 4.66. The minimum Gasteiger partial charge on any atom is -0.392 e. The molecule has 0 aromatic carbocycles. The lowest BCUT2D eigenvalue weighted by atomic mass is 9.38. The SMILES string of the molecule is O=C1OC(=O)C2(CC(F)(F)F)C1C1(CC(F)(F)F)C(=O)OC(=O)C21. The van der Waals surface area contributed by atoms with Crippen molar-refractivity contribution in [3.63, 3.8) is 0 Å². The second kappa shape index (κ2) is 4.28. The predicted molar refractivity (Wildman–Crippen MR) is 55.4 cm³/mol. The van der Waals surface area contributed by atoms with Gasteiger partial charge < -0.3 is 9.47 Å². The number of ether oxygens (including phenoxy) is 2. The van der Waals surface area contributed by atoms with Crippen molar-refractivity contribution in [3.05, 3.63) is 0 Å². The first-order valence-corrected chi connectivity index (χ1v) is 6.41. The molecule has 3 aliphatic rings. The molecule has 3 rings (SSSR count). The van der Waals surface area contributed by atoms with Gasteiger partial charge in [-0.3, -0.25) is 19.2 Å². The van der Waals surface area contributed by atoms with Crippen LogP contribution in [0.1, 0.15) is 12.8 Å². The second-order valence-corrected chi connectivity index (χ2v) is 5.95. The van der Waals surface area contributed by atoms with Crippen molar-refractivity contribution in [3.8, 4) is 0 Å². The second-order valence-electron chi connectivity index (χ2n) is 5.95. The van der Waals surface area contributed by atoms with E-state index >= 15 is 0 Å². The van der Waals surface area contributed by atoms with E-state index in [2.05, 4.69) is 9.47 Å². The van der Waals surface area contributed by atoms with E-state index in [1.807, 2.05) is 0 Å². The Hall–Kier alpha value is -2.14. The molecule has 0 amide bonds. The van der Waals surface area contributed by atoms with Crippen molar-refractivity contribution in [1.29, 1.82) is 0 Å². The van der Waals surface area contributed by atoms with Gasteiger partial charge in [-0.2, -0.15) is 26.3 Å². The lowest BCUT2D eigenvalue weighted by Crippen LogP contribution is -2.69. The number of cyclic esters (lactones) is 4. The van der Waals surface area contributed by atoms with E-state index < -0.39 is 71.7 Å². The average Bonchev–Trinajstić information content (AvgIpc) is 2.63. The van der Waals surface area contributed by atoms with Crippen molar-refractivity contribution in [2.75, 3.05) is 0 Å². The summed E-state index contributed by atoms with van der Waals surface area (Å²) in [5.41, 5.74) is -5.80. The first kappa shape index (κ1) is 16.7. The van der Waals surface area contributed by atoms with Gasteiger partial charge in [0.15, 0.2) is 0 Å². The molecule has 12 heteroatoms. The maximum absolute atomic E-state index is 12.8. The third-order valence-corrected chi connectivity index (χ3v) is 4.66. The minimum atomic E-state index is -5.10. The van der Waals surface area contributed by atoms with Crippen LogP contribution in [0, 0.1) is 22.7 Å². The first-order valence-electron chi connectivity index (χ1n) is 6.41. The van der Waals surface area contributed by atoms with Crippen LogP contribution in [0.2, 0.25) is 0 Å². The lowest BCUT2D eigenvalue weighted by molar-refractivity contribution is -0.248. The fraction of sp³-hybridized carbons (Fsp3) is 0.667. The summed E-state index contributed by atoms with van der Waals surface area (Å²) in [5, 5.41) is 0. The van der Waals surface area contributed by atoms with E-state index in [1.54, 1.807) is 0 Å². The molecule has 0 bridgehead atoms. The maximum atomic E-state index is 12.8. The van der Waals surface area contributed by atoms with Crippen molar-refractivity contribution in [1.82, 2.24) is 0 Å². The van der Waals surface area contributed by atoms with Gasteiger partial charge in [-0.25, -0.2) is 0 Å². The fourth-order valence-electron chi connectivity index (χ4n) is 4.18. The average molecular weight is 360 g/mol. The molecule has 0 N–H and O–H groups in total. The molecule has 0 atom stereocenters. The van der Waals surface area contributed by atoms with E-state index in [-0.39, 0.29) is 0 Å². The van der Waals surface area contributed by atoms with Gasteiger partial charge in [-0.1, -0.05) is 0 Å². The van der Waals surface area contributed by atoms with E-state index in [0.717, 1.165) is 0 Å². The van der Waals surface area contributed by atoms with Crippen molar-refractivity contribution < 1.29 is 55.0 Å². The highest BCUT2D eigenvalue weighted by molar-refractivity contribution is 6.14. The Balaban J connectivity index is 2.18. The van der Waals surface area contributed by atoms with Crippen LogP contribution in [0.4, 0.5) is 26.3 Å². The van der Waals surface area contributed by atoms with Crippen LogP contribution in [0.3, 0.4) is 0 Å². The van der Waals surface area contributed by atoms with Crippen LogP contribution in [0.15, 0.2) is 0 Å². The molecule has 24 heavy (non-hydrogen) atoms. The Morgan fingerprint density at radius 1 is 0.708 bits per heavy atom. The molecular weight excluding hydrogens is 354 g/mol. The van der Waals surface area contributed by atoms with Crippen LogP contribution in [0.5, 0.6) is 0 Å². The number of esters is 4. The van der Waals surface area contributed by atoms with Gasteiger partial charge in [-0.15, -0.1) is 0 Å². The van der Waals surface area contributed by atoms with Gasteiger partial charge >= 0.3 is 36.2 Å². The summed E-state index contributed by atoms with van der Waals surface area (Å²) in [7, 11) is 0. The fourth-order valence-corrected chi connectivity index (χ4v) is 4.18. The summed E-state index contributed by atoms with van der Waals surface area (Å²) in [4.78, 5) is 47.1. The van der Waals surface area contributed by atoms with E-state index in [4.69, 9.17) is 0 Å². The van der Waals surface area contributed by atoms with Crippen LogP contribution in [0.25, 0.3) is 0 Å². The Labute approximate surface area is 128 Å². The summed E-state index contributed by atoms with van der Waals surface area (Å²) in [6, 6.07) is 0. The maximum Gasteiger partial charge on any atom is 0.390 e. The summed E-state index contributed by atoms with van der Waals surface area (Å²) in [5.74, 6) is -11.7. The molecule has 1 saturated carbocycles. The smallest absolute Gasteiger partial charge is 0.390 e. The molecule has 132 valence electrons. The van der Waals surface area contributed by atoms with Gasteiger partial charge in [0.05, 0.1) is 24.7 Å². The normalized spacial score (nSPS) is 38.4. The number of fused-ring (bicyclic) bond motifs is 4. The molecular formula is C12H6F6O6. The minimum absolute atomic E-state index is 1.70. The summed E-state index contributed by atoms with van der Waals surface area (Å²) < 4.78 is 85.1. The molecule has 0 radical (unpaired) electrons. The number of alkyl halides is 6. The summed E-state index contributed by atoms with van der Waals surface area (Å²) in [6.45, 7) is 0. The summed E-state index contributed by atoms with van der Waals surface area (Å²) >= 11 is 0.